The number of halogens is 1. The van der Waals surface area contributed by atoms with E-state index in [0.29, 0.717) is 24.4 Å². The molecule has 4 nitrogen and oxygen atoms in total. The molecule has 0 saturated carbocycles. The predicted octanol–water partition coefficient (Wildman–Crippen LogP) is 4.23. The van der Waals surface area contributed by atoms with Gasteiger partial charge in [-0.05, 0) is 67.7 Å². The van der Waals surface area contributed by atoms with Gasteiger partial charge in [-0.3, -0.25) is 9.69 Å². The maximum absolute atomic E-state index is 12.4. The van der Waals surface area contributed by atoms with Crippen molar-refractivity contribution in [1.82, 2.24) is 10.2 Å². The van der Waals surface area contributed by atoms with E-state index in [-0.39, 0.29) is 11.9 Å². The van der Waals surface area contributed by atoms with E-state index in [1.807, 2.05) is 36.4 Å². The van der Waals surface area contributed by atoms with Gasteiger partial charge in [0.2, 0.25) is 5.91 Å². The summed E-state index contributed by atoms with van der Waals surface area (Å²) in [6, 6.07) is 16.0. The number of nitrogens with one attached hydrogen (secondary N) is 1. The standard InChI is InChI=1S/C22H27ClN2O2/c1-27-20-9-5-7-18(15-20)21(25-12-2-3-13-25)16-24-22(26)11-10-17-6-4-8-19(23)14-17/h4-9,14-15,21H,2-3,10-13,16H2,1H3,(H,24,26). The van der Waals surface area contributed by atoms with Crippen molar-refractivity contribution >= 4 is 17.5 Å². The normalized spacial score (nSPS) is 15.5. The Balaban J connectivity index is 1.59. The highest BCUT2D eigenvalue weighted by Gasteiger charge is 2.24. The summed E-state index contributed by atoms with van der Waals surface area (Å²) in [6.07, 6.45) is 3.58. The average Bonchev–Trinajstić information content (AvgIpc) is 3.21. The van der Waals surface area contributed by atoms with E-state index >= 15 is 0 Å². The Morgan fingerprint density at radius 2 is 1.96 bits per heavy atom. The minimum atomic E-state index is 0.0714. The van der Waals surface area contributed by atoms with Crippen LogP contribution in [0, 0.1) is 0 Å². The molecule has 0 aromatic heterocycles. The molecule has 144 valence electrons. The summed E-state index contributed by atoms with van der Waals surface area (Å²) >= 11 is 6.01. The summed E-state index contributed by atoms with van der Waals surface area (Å²) in [6.45, 7) is 2.75. The molecule has 1 unspecified atom stereocenters. The van der Waals surface area contributed by atoms with Crippen LogP contribution in [0.5, 0.6) is 5.75 Å². The second kappa shape index (κ2) is 9.77. The molecule has 1 heterocycles. The number of ether oxygens (including phenoxy) is 1. The second-order valence-electron chi connectivity index (χ2n) is 6.97. The van der Waals surface area contributed by atoms with E-state index < -0.39 is 0 Å². The van der Waals surface area contributed by atoms with E-state index in [1.54, 1.807) is 7.11 Å². The number of likely N-dealkylation sites (tertiary alicyclic amines) is 1. The molecule has 1 saturated heterocycles. The van der Waals surface area contributed by atoms with Gasteiger partial charge in [0.1, 0.15) is 5.75 Å². The first-order valence-corrected chi connectivity index (χ1v) is 9.92. The van der Waals surface area contributed by atoms with Crippen molar-refractivity contribution in [3.05, 3.63) is 64.7 Å². The molecule has 2 aromatic carbocycles. The molecule has 1 amide bonds. The molecule has 2 aromatic rings. The van der Waals surface area contributed by atoms with Crippen molar-refractivity contribution in [1.29, 1.82) is 0 Å². The summed E-state index contributed by atoms with van der Waals surface area (Å²) in [7, 11) is 1.68. The largest absolute Gasteiger partial charge is 0.497 e. The SMILES string of the molecule is COc1cccc(C(CNC(=O)CCc2cccc(Cl)c2)N2CCCC2)c1. The Labute approximate surface area is 166 Å². The number of carbonyl (C=O) groups is 1. The predicted molar refractivity (Wildman–Crippen MR) is 109 cm³/mol. The molecule has 1 N–H and O–H groups in total. The van der Waals surface area contributed by atoms with Crippen LogP contribution in [0.2, 0.25) is 5.02 Å². The van der Waals surface area contributed by atoms with Gasteiger partial charge < -0.3 is 10.1 Å². The van der Waals surface area contributed by atoms with Gasteiger partial charge in [0, 0.05) is 18.0 Å². The highest BCUT2D eigenvalue weighted by molar-refractivity contribution is 6.30. The van der Waals surface area contributed by atoms with Crippen LogP contribution in [0.3, 0.4) is 0 Å². The van der Waals surface area contributed by atoms with Crippen LogP contribution < -0.4 is 10.1 Å². The number of rotatable bonds is 8. The molecular formula is C22H27ClN2O2. The van der Waals surface area contributed by atoms with Crippen molar-refractivity contribution in [3.8, 4) is 5.75 Å². The first-order valence-electron chi connectivity index (χ1n) is 9.55. The van der Waals surface area contributed by atoms with Crippen LogP contribution in [0.25, 0.3) is 0 Å². The van der Waals surface area contributed by atoms with Crippen molar-refractivity contribution in [2.24, 2.45) is 0 Å². The number of hydrogen-bond acceptors (Lipinski definition) is 3. The third-order valence-electron chi connectivity index (χ3n) is 5.08. The number of hydrogen-bond donors (Lipinski definition) is 1. The Hall–Kier alpha value is -2.04. The minimum Gasteiger partial charge on any atom is -0.497 e. The Morgan fingerprint density at radius 3 is 2.70 bits per heavy atom. The van der Waals surface area contributed by atoms with E-state index in [1.165, 1.54) is 18.4 Å². The van der Waals surface area contributed by atoms with Crippen molar-refractivity contribution in [2.45, 2.75) is 31.7 Å². The van der Waals surface area contributed by atoms with Gasteiger partial charge in [0.05, 0.1) is 13.2 Å². The third-order valence-corrected chi connectivity index (χ3v) is 5.32. The lowest BCUT2D eigenvalue weighted by atomic mass is 10.0. The Kier molecular flexibility index (Phi) is 7.13. The molecule has 0 aliphatic carbocycles. The van der Waals surface area contributed by atoms with Crippen LogP contribution >= 0.6 is 11.6 Å². The fourth-order valence-electron chi connectivity index (χ4n) is 3.61. The number of aryl methyl sites for hydroxylation is 1. The van der Waals surface area contributed by atoms with Crippen molar-refractivity contribution < 1.29 is 9.53 Å². The summed E-state index contributed by atoms with van der Waals surface area (Å²) in [4.78, 5) is 14.8. The summed E-state index contributed by atoms with van der Waals surface area (Å²) in [5.74, 6) is 0.922. The highest BCUT2D eigenvalue weighted by Crippen LogP contribution is 2.27. The van der Waals surface area contributed by atoms with Crippen LogP contribution in [-0.2, 0) is 11.2 Å². The number of benzene rings is 2. The summed E-state index contributed by atoms with van der Waals surface area (Å²) in [5.41, 5.74) is 2.27. The number of methoxy groups -OCH3 is 1. The van der Waals surface area contributed by atoms with Gasteiger partial charge in [0.25, 0.3) is 0 Å². The molecular weight excluding hydrogens is 360 g/mol. The van der Waals surface area contributed by atoms with Crippen LogP contribution in [0.15, 0.2) is 48.5 Å². The molecule has 5 heteroatoms. The first kappa shape index (κ1) is 19.7. The zero-order valence-corrected chi connectivity index (χ0v) is 16.5. The molecule has 1 fully saturated rings. The zero-order valence-electron chi connectivity index (χ0n) is 15.8. The van der Waals surface area contributed by atoms with Gasteiger partial charge >= 0.3 is 0 Å². The van der Waals surface area contributed by atoms with E-state index in [0.717, 1.165) is 24.4 Å². The lowest BCUT2D eigenvalue weighted by Gasteiger charge is -2.28. The molecule has 0 radical (unpaired) electrons. The van der Waals surface area contributed by atoms with Crippen molar-refractivity contribution in [2.75, 3.05) is 26.7 Å². The number of carbonyl (C=O) groups excluding carboxylic acids is 1. The van der Waals surface area contributed by atoms with E-state index in [9.17, 15) is 4.79 Å². The van der Waals surface area contributed by atoms with E-state index in [4.69, 9.17) is 16.3 Å². The monoisotopic (exact) mass is 386 g/mol. The average molecular weight is 387 g/mol. The maximum Gasteiger partial charge on any atom is 0.220 e. The summed E-state index contributed by atoms with van der Waals surface area (Å²) in [5, 5.41) is 3.83. The van der Waals surface area contributed by atoms with Gasteiger partial charge in [-0.1, -0.05) is 35.9 Å². The minimum absolute atomic E-state index is 0.0714. The lowest BCUT2D eigenvalue weighted by molar-refractivity contribution is -0.121. The number of amides is 1. The van der Waals surface area contributed by atoms with Gasteiger partial charge in [-0.15, -0.1) is 0 Å². The smallest absolute Gasteiger partial charge is 0.220 e. The van der Waals surface area contributed by atoms with Gasteiger partial charge in [0.15, 0.2) is 0 Å². The van der Waals surface area contributed by atoms with Crippen LogP contribution in [0.4, 0.5) is 0 Å². The molecule has 0 bridgehead atoms. The Bertz CT molecular complexity index is 759. The quantitative estimate of drug-likeness (QED) is 0.738. The van der Waals surface area contributed by atoms with Crippen molar-refractivity contribution in [3.63, 3.8) is 0 Å². The maximum atomic E-state index is 12.4. The zero-order chi connectivity index (χ0) is 19.1. The Morgan fingerprint density at radius 1 is 1.19 bits per heavy atom. The third kappa shape index (κ3) is 5.72. The lowest BCUT2D eigenvalue weighted by Crippen LogP contribution is -2.36. The molecule has 1 atom stereocenters. The van der Waals surface area contributed by atoms with Crippen LogP contribution in [0.1, 0.15) is 36.4 Å². The van der Waals surface area contributed by atoms with Gasteiger partial charge in [-0.2, -0.15) is 0 Å². The first-order chi connectivity index (χ1) is 13.2. The van der Waals surface area contributed by atoms with E-state index in [2.05, 4.69) is 22.3 Å². The molecule has 3 rings (SSSR count). The topological polar surface area (TPSA) is 41.6 Å². The fourth-order valence-corrected chi connectivity index (χ4v) is 3.82. The number of nitrogens with zero attached hydrogens (tertiary/aromatic N) is 1. The molecule has 1 aliphatic heterocycles. The molecule has 27 heavy (non-hydrogen) atoms. The molecule has 1 aliphatic rings. The fraction of sp³-hybridized carbons (Fsp3) is 0.409. The second-order valence-corrected chi connectivity index (χ2v) is 7.41. The molecule has 0 spiro atoms. The van der Waals surface area contributed by atoms with Gasteiger partial charge in [-0.25, -0.2) is 0 Å². The summed E-state index contributed by atoms with van der Waals surface area (Å²) < 4.78 is 5.37. The highest BCUT2D eigenvalue weighted by atomic mass is 35.5. The van der Waals surface area contributed by atoms with Crippen LogP contribution in [-0.4, -0.2) is 37.6 Å².